The summed E-state index contributed by atoms with van der Waals surface area (Å²) in [4.78, 5) is 41.7. The lowest BCUT2D eigenvalue weighted by Gasteiger charge is -2.25. The minimum absolute atomic E-state index is 0.0898. The lowest BCUT2D eigenvalue weighted by atomic mass is 10.2. The number of carbonyl (C=O) groups excluding carboxylic acids is 2. The van der Waals surface area contributed by atoms with Gasteiger partial charge in [0.2, 0.25) is 11.6 Å². The molecular weight excluding hydrogens is 464 g/mol. The van der Waals surface area contributed by atoms with Crippen molar-refractivity contribution in [2.75, 3.05) is 4.90 Å². The zero-order valence-corrected chi connectivity index (χ0v) is 18.1. The van der Waals surface area contributed by atoms with Crippen molar-refractivity contribution in [1.29, 1.82) is 0 Å². The summed E-state index contributed by atoms with van der Waals surface area (Å²) in [5.41, 5.74) is 1.21. The van der Waals surface area contributed by atoms with Gasteiger partial charge in [0, 0.05) is 22.6 Å². The van der Waals surface area contributed by atoms with Crippen LogP contribution < -0.4 is 15.2 Å². The summed E-state index contributed by atoms with van der Waals surface area (Å²) in [5.74, 6) is -0.495. The molecule has 1 saturated heterocycles. The zero-order chi connectivity index (χ0) is 21.5. The van der Waals surface area contributed by atoms with E-state index in [9.17, 15) is 14.4 Å². The number of hydrogen-bond donors (Lipinski definition) is 1. The van der Waals surface area contributed by atoms with Gasteiger partial charge in [-0.15, -0.1) is 0 Å². The summed E-state index contributed by atoms with van der Waals surface area (Å²) in [6.07, 6.45) is 1.95. The number of hydrogen-bond acceptors (Lipinski definition) is 5. The number of carbonyl (C=O) groups is 2. The van der Waals surface area contributed by atoms with Crippen LogP contribution in [0.1, 0.15) is 25.0 Å². The molecule has 1 aromatic heterocycles. The Morgan fingerprint density at radius 3 is 2.45 bits per heavy atom. The topological polar surface area (TPSA) is 90.5 Å². The van der Waals surface area contributed by atoms with Crippen molar-refractivity contribution in [3.05, 3.63) is 75.2 Å². The Labute approximate surface area is 186 Å². The van der Waals surface area contributed by atoms with Crippen LogP contribution in [-0.4, -0.2) is 34.1 Å². The first kappa shape index (κ1) is 19.9. The number of H-pyrrole nitrogens is 1. The number of aromatic nitrogens is 2. The molecule has 158 valence electrons. The van der Waals surface area contributed by atoms with E-state index in [4.69, 9.17) is 4.52 Å². The van der Waals surface area contributed by atoms with Crippen molar-refractivity contribution in [2.24, 2.45) is 0 Å². The number of imide groups is 1. The Kier molecular flexibility index (Phi) is 5.07. The van der Waals surface area contributed by atoms with Crippen LogP contribution >= 0.6 is 15.9 Å². The molecule has 2 aromatic carbocycles. The highest BCUT2D eigenvalue weighted by Crippen LogP contribution is 2.35. The Hall–Kier alpha value is -3.04. The predicted molar refractivity (Wildman–Crippen MR) is 114 cm³/mol. The first-order valence-corrected chi connectivity index (χ1v) is 10.9. The Morgan fingerprint density at radius 2 is 1.77 bits per heavy atom. The molecule has 1 N–H and O–H groups in total. The minimum Gasteiger partial charge on any atom is -0.283 e. The van der Waals surface area contributed by atoms with Gasteiger partial charge in [-0.2, -0.15) is 0 Å². The van der Waals surface area contributed by atoms with Crippen molar-refractivity contribution in [2.45, 2.75) is 37.9 Å². The van der Waals surface area contributed by atoms with Crippen molar-refractivity contribution in [3.63, 3.8) is 0 Å². The molecule has 0 bridgehead atoms. The molecule has 2 fully saturated rings. The molecule has 5 rings (SSSR count). The summed E-state index contributed by atoms with van der Waals surface area (Å²) in [7, 11) is 0. The number of benzene rings is 2. The predicted octanol–water partition coefficient (Wildman–Crippen LogP) is 2.30. The Balaban J connectivity index is 1.45. The molecule has 3 aromatic rings. The molecule has 8 nitrogen and oxygen atoms in total. The van der Waals surface area contributed by atoms with Gasteiger partial charge in [-0.05, 0) is 47.1 Å². The molecule has 1 unspecified atom stereocenters. The van der Waals surface area contributed by atoms with Crippen LogP contribution in [0, 0.1) is 0 Å². The zero-order valence-electron chi connectivity index (χ0n) is 16.5. The maximum absolute atomic E-state index is 13.3. The summed E-state index contributed by atoms with van der Waals surface area (Å²) < 4.78 is 7.51. The van der Waals surface area contributed by atoms with Crippen molar-refractivity contribution < 1.29 is 18.8 Å². The summed E-state index contributed by atoms with van der Waals surface area (Å²) in [6, 6.07) is 16.0. The second kappa shape index (κ2) is 7.90. The molecule has 1 atom stereocenters. The van der Waals surface area contributed by atoms with Gasteiger partial charge in [0.05, 0.1) is 24.7 Å². The smallest absolute Gasteiger partial charge is 0.283 e. The van der Waals surface area contributed by atoms with E-state index in [2.05, 4.69) is 21.2 Å². The van der Waals surface area contributed by atoms with E-state index in [-0.39, 0.29) is 30.8 Å². The number of halogens is 1. The maximum atomic E-state index is 13.3. The second-order valence-electron chi connectivity index (χ2n) is 7.77. The fourth-order valence-electron chi connectivity index (χ4n) is 4.02. The van der Waals surface area contributed by atoms with Crippen LogP contribution in [0.15, 0.2) is 68.4 Å². The second-order valence-corrected chi connectivity index (χ2v) is 8.68. The first-order chi connectivity index (χ1) is 15.0. The Bertz CT molecular complexity index is 1180. The number of rotatable bonds is 6. The van der Waals surface area contributed by atoms with Gasteiger partial charge in [-0.3, -0.25) is 19.0 Å². The van der Waals surface area contributed by atoms with E-state index in [1.165, 1.54) is 4.90 Å². The van der Waals surface area contributed by atoms with Crippen LogP contribution in [0.5, 0.6) is 0 Å². The largest absolute Gasteiger partial charge is 0.431 e. The third-order valence-electron chi connectivity index (χ3n) is 5.71. The highest BCUT2D eigenvalue weighted by Gasteiger charge is 2.48. The van der Waals surface area contributed by atoms with Gasteiger partial charge < -0.3 is 0 Å². The molecule has 2 amide bonds. The van der Waals surface area contributed by atoms with E-state index < -0.39 is 11.7 Å². The highest BCUT2D eigenvalue weighted by molar-refractivity contribution is 9.10. The van der Waals surface area contributed by atoms with Crippen LogP contribution in [0.3, 0.4) is 0 Å². The molecule has 2 heterocycles. The van der Waals surface area contributed by atoms with Gasteiger partial charge in [-0.1, -0.05) is 34.1 Å². The van der Waals surface area contributed by atoms with Gasteiger partial charge in [-0.25, -0.2) is 9.69 Å². The van der Waals surface area contributed by atoms with E-state index >= 15 is 0 Å². The lowest BCUT2D eigenvalue weighted by molar-refractivity contribution is -0.678. The van der Waals surface area contributed by atoms with E-state index in [1.54, 1.807) is 28.9 Å². The van der Waals surface area contributed by atoms with Crippen molar-refractivity contribution in [3.8, 4) is 5.69 Å². The minimum atomic E-state index is -0.609. The van der Waals surface area contributed by atoms with Crippen LogP contribution in [0.25, 0.3) is 5.69 Å². The highest BCUT2D eigenvalue weighted by atomic mass is 79.9. The van der Waals surface area contributed by atoms with Crippen molar-refractivity contribution in [1.82, 2.24) is 10.2 Å². The van der Waals surface area contributed by atoms with Crippen LogP contribution in [0.2, 0.25) is 0 Å². The van der Waals surface area contributed by atoms with E-state index in [0.717, 1.165) is 23.0 Å². The van der Waals surface area contributed by atoms with Gasteiger partial charge >= 0.3 is 11.3 Å². The fraction of sp³-hybridized carbons (Fsp3) is 0.273. The molecule has 0 spiro atoms. The number of aromatic amines is 1. The van der Waals surface area contributed by atoms with Crippen LogP contribution in [-0.2, 0) is 16.1 Å². The van der Waals surface area contributed by atoms with Crippen LogP contribution in [0.4, 0.5) is 5.69 Å². The Morgan fingerprint density at radius 1 is 1.06 bits per heavy atom. The lowest BCUT2D eigenvalue weighted by Crippen LogP contribution is -2.47. The molecule has 2 aliphatic rings. The molecule has 1 saturated carbocycles. The number of para-hydroxylation sites is 1. The quantitative estimate of drug-likeness (QED) is 0.429. The standard InChI is InChI=1S/C22H19BrN4O4/c23-14-6-8-16(9-7-14)26-20(28)12-18(21(26)29)25(15-10-11-15)13-19-22(30)31-24-27(19)17-4-2-1-3-5-17/h1-9,15,18H,10-13H2/p+1. The SMILES string of the molecule is O=C1CC(N(Cc2c(=O)o[nH][n+]2-c2ccccc2)C2CC2)C(=O)N1c1ccc(Br)cc1. The molecular formula is C22H20BrN4O4+. The number of anilines is 1. The fourth-order valence-corrected chi connectivity index (χ4v) is 4.29. The summed E-state index contributed by atoms with van der Waals surface area (Å²) >= 11 is 3.37. The van der Waals surface area contributed by atoms with Crippen molar-refractivity contribution >= 4 is 33.4 Å². The third kappa shape index (κ3) is 3.75. The van der Waals surface area contributed by atoms with Gasteiger partial charge in [0.25, 0.3) is 5.91 Å². The molecule has 1 aliphatic heterocycles. The first-order valence-electron chi connectivity index (χ1n) is 10.1. The molecule has 0 radical (unpaired) electrons. The average molecular weight is 484 g/mol. The summed E-state index contributed by atoms with van der Waals surface area (Å²) in [5, 5.41) is 2.64. The number of amides is 2. The average Bonchev–Trinajstić information content (AvgIpc) is 3.49. The number of nitrogens with zero attached hydrogens (tertiary/aromatic N) is 3. The normalized spacial score (nSPS) is 18.9. The maximum Gasteiger partial charge on any atom is 0.431 e. The van der Waals surface area contributed by atoms with Gasteiger partial charge in [0.15, 0.2) is 0 Å². The third-order valence-corrected chi connectivity index (χ3v) is 6.23. The van der Waals surface area contributed by atoms with Gasteiger partial charge in [0.1, 0.15) is 0 Å². The molecule has 1 aliphatic carbocycles. The monoisotopic (exact) mass is 483 g/mol. The van der Waals surface area contributed by atoms with E-state index in [1.807, 2.05) is 35.2 Å². The molecule has 31 heavy (non-hydrogen) atoms. The summed E-state index contributed by atoms with van der Waals surface area (Å²) in [6.45, 7) is 0.212. The van der Waals surface area contributed by atoms with E-state index in [0.29, 0.717) is 11.4 Å². The number of nitrogens with one attached hydrogen (secondary N) is 1. The molecule has 9 heteroatoms.